The molecule has 1 heterocycles. The van der Waals surface area contributed by atoms with E-state index in [0.29, 0.717) is 10.0 Å². The number of hydrogen-bond acceptors (Lipinski definition) is 2. The summed E-state index contributed by atoms with van der Waals surface area (Å²) in [5.74, 6) is 0. The van der Waals surface area contributed by atoms with Gasteiger partial charge in [0.15, 0.2) is 18.9 Å². The summed E-state index contributed by atoms with van der Waals surface area (Å²) in [5, 5.41) is 5.15. The van der Waals surface area contributed by atoms with Crippen molar-refractivity contribution >= 4 is 29.4 Å². The predicted molar refractivity (Wildman–Crippen MR) is 103 cm³/mol. The lowest BCUT2D eigenvalue weighted by atomic mass is 10.2. The molecule has 0 radical (unpaired) electrons. The van der Waals surface area contributed by atoms with Crippen molar-refractivity contribution < 1.29 is 13.9 Å². The van der Waals surface area contributed by atoms with Gasteiger partial charge in [0.1, 0.15) is 6.61 Å². The Bertz CT molecular complexity index is 689. The number of quaternary nitrogens is 1. The van der Waals surface area contributed by atoms with Gasteiger partial charge in [-0.1, -0.05) is 34.4 Å². The van der Waals surface area contributed by atoms with E-state index in [-0.39, 0.29) is 6.61 Å². The van der Waals surface area contributed by atoms with Gasteiger partial charge in [-0.25, -0.2) is 4.57 Å². The molecule has 0 saturated carbocycles. The summed E-state index contributed by atoms with van der Waals surface area (Å²) in [7, 11) is 6.63. The van der Waals surface area contributed by atoms with Gasteiger partial charge in [0.05, 0.1) is 40.3 Å². The first kappa shape index (κ1) is 19.7. The third-order valence-electron chi connectivity index (χ3n) is 3.71. The van der Waals surface area contributed by atoms with E-state index < -0.39 is 0 Å². The van der Waals surface area contributed by atoms with Gasteiger partial charge in [-0.3, -0.25) is 0 Å². The van der Waals surface area contributed by atoms with Crippen molar-refractivity contribution in [2.75, 3.05) is 27.7 Å². The smallest absolute Gasteiger partial charge is 0.169 e. The minimum atomic E-state index is 0.243. The SMILES string of the molecule is C[N+](C)(C)CCC[n+]1ccc(/C=N/OCc2c(Cl)cccc2Cl)cc1. The molecule has 134 valence electrons. The monoisotopic (exact) mass is 381 g/mol. The van der Waals surface area contributed by atoms with Crippen LogP contribution in [-0.2, 0) is 18.0 Å². The molecule has 0 amide bonds. The Labute approximate surface area is 159 Å². The molecule has 2 rings (SSSR count). The first-order valence-electron chi connectivity index (χ1n) is 8.23. The predicted octanol–water partition coefficient (Wildman–Crippen LogP) is 3.93. The second kappa shape index (κ2) is 9.18. The number of pyridine rings is 1. The Balaban J connectivity index is 1.81. The van der Waals surface area contributed by atoms with Gasteiger partial charge in [-0.15, -0.1) is 0 Å². The molecule has 2 aromatic rings. The number of aryl methyl sites for hydroxylation is 1. The van der Waals surface area contributed by atoms with Crippen molar-refractivity contribution in [2.45, 2.75) is 19.6 Å². The lowest BCUT2D eigenvalue weighted by molar-refractivity contribution is -0.873. The maximum Gasteiger partial charge on any atom is 0.169 e. The number of nitrogens with zero attached hydrogens (tertiary/aromatic N) is 3. The summed E-state index contributed by atoms with van der Waals surface area (Å²) in [4.78, 5) is 5.31. The number of benzene rings is 1. The summed E-state index contributed by atoms with van der Waals surface area (Å²) in [6, 6.07) is 9.40. The summed E-state index contributed by atoms with van der Waals surface area (Å²) in [5.41, 5.74) is 1.72. The fourth-order valence-electron chi connectivity index (χ4n) is 2.30. The number of hydrogen-bond donors (Lipinski definition) is 0. The van der Waals surface area contributed by atoms with E-state index >= 15 is 0 Å². The Morgan fingerprint density at radius 3 is 2.32 bits per heavy atom. The zero-order valence-corrected chi connectivity index (χ0v) is 16.5. The molecule has 0 aliphatic rings. The highest BCUT2D eigenvalue weighted by Crippen LogP contribution is 2.24. The van der Waals surface area contributed by atoms with Crippen LogP contribution in [0.1, 0.15) is 17.5 Å². The van der Waals surface area contributed by atoms with Gasteiger partial charge in [-0.2, -0.15) is 0 Å². The van der Waals surface area contributed by atoms with Crippen molar-refractivity contribution in [1.29, 1.82) is 0 Å². The van der Waals surface area contributed by atoms with Crippen molar-refractivity contribution in [2.24, 2.45) is 5.16 Å². The molecule has 0 N–H and O–H groups in total. The number of oxime groups is 1. The lowest BCUT2D eigenvalue weighted by Gasteiger charge is -2.22. The van der Waals surface area contributed by atoms with Gasteiger partial charge >= 0.3 is 0 Å². The Morgan fingerprint density at radius 2 is 1.72 bits per heavy atom. The fourth-order valence-corrected chi connectivity index (χ4v) is 2.81. The molecule has 0 aliphatic carbocycles. The standard InChI is InChI=1S/C19H25Cl2N3O/c1-24(2,3)13-5-10-23-11-8-16(9-12-23)14-22-25-15-17-18(20)6-4-7-19(17)21/h4,6-9,11-12,14H,5,10,13,15H2,1-3H3/q+2/b22-14+. The number of rotatable bonds is 8. The number of halogens is 2. The van der Waals surface area contributed by atoms with Gasteiger partial charge in [-0.05, 0) is 12.1 Å². The average Bonchev–Trinajstić information content (AvgIpc) is 2.54. The maximum atomic E-state index is 6.09. The van der Waals surface area contributed by atoms with E-state index in [1.165, 1.54) is 0 Å². The number of aromatic nitrogens is 1. The largest absolute Gasteiger partial charge is 0.391 e. The van der Waals surface area contributed by atoms with Crippen LogP contribution in [0.3, 0.4) is 0 Å². The molecule has 0 atom stereocenters. The average molecular weight is 382 g/mol. The first-order chi connectivity index (χ1) is 11.8. The van der Waals surface area contributed by atoms with Gasteiger partial charge in [0.2, 0.25) is 0 Å². The van der Waals surface area contributed by atoms with Crippen LogP contribution in [0.25, 0.3) is 0 Å². The van der Waals surface area contributed by atoms with Gasteiger partial charge in [0.25, 0.3) is 0 Å². The van der Waals surface area contributed by atoms with E-state index in [9.17, 15) is 0 Å². The lowest BCUT2D eigenvalue weighted by Crippen LogP contribution is -2.39. The minimum Gasteiger partial charge on any atom is -0.391 e. The molecule has 1 aromatic carbocycles. The van der Waals surface area contributed by atoms with E-state index in [1.807, 2.05) is 12.1 Å². The summed E-state index contributed by atoms with van der Waals surface area (Å²) >= 11 is 12.2. The van der Waals surface area contributed by atoms with Crippen LogP contribution in [0.2, 0.25) is 10.0 Å². The molecule has 0 bridgehead atoms. The van der Waals surface area contributed by atoms with E-state index in [2.05, 4.69) is 43.3 Å². The van der Waals surface area contributed by atoms with Crippen molar-refractivity contribution in [3.8, 4) is 0 Å². The highest BCUT2D eigenvalue weighted by atomic mass is 35.5. The topological polar surface area (TPSA) is 25.5 Å². The molecule has 1 aromatic heterocycles. The molecule has 0 fully saturated rings. The summed E-state index contributed by atoms with van der Waals surface area (Å²) in [6.07, 6.45) is 6.94. The third kappa shape index (κ3) is 7.02. The summed E-state index contributed by atoms with van der Waals surface area (Å²) in [6.45, 7) is 2.40. The zero-order chi connectivity index (χ0) is 18.3. The highest BCUT2D eigenvalue weighted by molar-refractivity contribution is 6.35. The quantitative estimate of drug-likeness (QED) is 0.294. The Morgan fingerprint density at radius 1 is 1.08 bits per heavy atom. The fraction of sp³-hybridized carbons (Fsp3) is 0.368. The van der Waals surface area contributed by atoms with Crippen LogP contribution in [0.15, 0.2) is 47.9 Å². The molecule has 4 nitrogen and oxygen atoms in total. The first-order valence-corrected chi connectivity index (χ1v) is 8.98. The van der Waals surface area contributed by atoms with Crippen LogP contribution in [-0.4, -0.2) is 38.4 Å². The highest BCUT2D eigenvalue weighted by Gasteiger charge is 2.09. The second-order valence-corrected chi connectivity index (χ2v) is 7.76. The molecule has 0 saturated heterocycles. The molecule has 0 spiro atoms. The van der Waals surface area contributed by atoms with Crippen molar-refractivity contribution in [3.63, 3.8) is 0 Å². The molecule has 0 aliphatic heterocycles. The van der Waals surface area contributed by atoms with Crippen LogP contribution in [0.4, 0.5) is 0 Å². The van der Waals surface area contributed by atoms with Crippen molar-refractivity contribution in [1.82, 2.24) is 0 Å². The summed E-state index contributed by atoms with van der Waals surface area (Å²) < 4.78 is 3.16. The maximum absolute atomic E-state index is 6.09. The van der Waals surface area contributed by atoms with Crippen LogP contribution >= 0.6 is 23.2 Å². The molecular weight excluding hydrogens is 357 g/mol. The third-order valence-corrected chi connectivity index (χ3v) is 4.42. The Kier molecular flexibility index (Phi) is 7.24. The molecular formula is C19H25Cl2N3O+2. The van der Waals surface area contributed by atoms with Crippen LogP contribution in [0.5, 0.6) is 0 Å². The van der Waals surface area contributed by atoms with E-state index in [0.717, 1.165) is 35.1 Å². The van der Waals surface area contributed by atoms with Crippen LogP contribution < -0.4 is 4.57 Å². The second-order valence-electron chi connectivity index (χ2n) is 6.94. The zero-order valence-electron chi connectivity index (χ0n) is 15.0. The van der Waals surface area contributed by atoms with Crippen LogP contribution in [0, 0.1) is 0 Å². The van der Waals surface area contributed by atoms with E-state index in [4.69, 9.17) is 28.0 Å². The minimum absolute atomic E-state index is 0.243. The Hall–Kier alpha value is -1.62. The van der Waals surface area contributed by atoms with E-state index in [1.54, 1.807) is 24.4 Å². The molecule has 6 heteroatoms. The molecule has 25 heavy (non-hydrogen) atoms. The normalized spacial score (nSPS) is 11.9. The van der Waals surface area contributed by atoms with Gasteiger partial charge in [0, 0.05) is 33.3 Å². The van der Waals surface area contributed by atoms with Crippen molar-refractivity contribution in [3.05, 3.63) is 63.9 Å². The van der Waals surface area contributed by atoms with Gasteiger partial charge < -0.3 is 9.32 Å². The molecule has 0 unspecified atom stereocenters.